The molecule has 19 heavy (non-hydrogen) atoms. The maximum atomic E-state index is 11.8. The van der Waals surface area contributed by atoms with Gasteiger partial charge in [-0.25, -0.2) is 4.98 Å². The molecular weight excluding hydrogens is 240 g/mol. The largest absolute Gasteiger partial charge is 0.310 e. The zero-order valence-corrected chi connectivity index (χ0v) is 11.1. The Morgan fingerprint density at radius 2 is 2.11 bits per heavy atom. The molecule has 1 saturated carbocycles. The first-order chi connectivity index (χ1) is 9.22. The Balaban J connectivity index is 1.98. The summed E-state index contributed by atoms with van der Waals surface area (Å²) in [6.45, 7) is 0. The molecule has 1 N–H and O–H groups in total. The van der Waals surface area contributed by atoms with Gasteiger partial charge < -0.3 is 4.98 Å². The molecule has 100 valence electrons. The summed E-state index contributed by atoms with van der Waals surface area (Å²) in [4.78, 5) is 19.3. The Kier molecular flexibility index (Phi) is 3.19. The van der Waals surface area contributed by atoms with Crippen LogP contribution in [0.3, 0.4) is 0 Å². The van der Waals surface area contributed by atoms with Crippen LogP contribution in [0.5, 0.6) is 0 Å². The van der Waals surface area contributed by atoms with Crippen molar-refractivity contribution in [1.29, 1.82) is 0 Å². The second-order valence-electron chi connectivity index (χ2n) is 5.25. The van der Waals surface area contributed by atoms with Gasteiger partial charge in [0.15, 0.2) is 0 Å². The Labute approximate surface area is 111 Å². The monoisotopic (exact) mass is 258 g/mol. The lowest BCUT2D eigenvalue weighted by Gasteiger charge is -2.20. The number of rotatable bonds is 2. The average molecular weight is 258 g/mol. The number of aryl methyl sites for hydroxylation is 1. The van der Waals surface area contributed by atoms with Gasteiger partial charge in [0.1, 0.15) is 5.82 Å². The fourth-order valence-corrected chi connectivity index (χ4v) is 2.75. The molecule has 0 radical (unpaired) electrons. The van der Waals surface area contributed by atoms with Crippen LogP contribution < -0.4 is 5.56 Å². The molecule has 0 aromatic carbocycles. The zero-order chi connectivity index (χ0) is 13.2. The molecule has 3 rings (SSSR count). The molecule has 5 nitrogen and oxygen atoms in total. The maximum absolute atomic E-state index is 11.8. The minimum Gasteiger partial charge on any atom is -0.310 e. The third kappa shape index (κ3) is 2.59. The third-order valence-electron chi connectivity index (χ3n) is 3.75. The second kappa shape index (κ2) is 4.99. The van der Waals surface area contributed by atoms with E-state index in [0.717, 1.165) is 29.9 Å². The lowest BCUT2D eigenvalue weighted by molar-refractivity contribution is 0.428. The first-order valence-electron chi connectivity index (χ1n) is 6.82. The first-order valence-corrected chi connectivity index (χ1v) is 6.82. The topological polar surface area (TPSA) is 63.6 Å². The molecular formula is C14H18N4O. The smallest absolute Gasteiger partial charge is 0.251 e. The summed E-state index contributed by atoms with van der Waals surface area (Å²) < 4.78 is 1.72. The van der Waals surface area contributed by atoms with E-state index < -0.39 is 0 Å². The van der Waals surface area contributed by atoms with Gasteiger partial charge in [0, 0.05) is 30.8 Å². The van der Waals surface area contributed by atoms with Crippen LogP contribution in [0.2, 0.25) is 0 Å². The molecule has 1 aliphatic carbocycles. The molecule has 1 aliphatic rings. The first kappa shape index (κ1) is 12.1. The number of H-pyrrole nitrogens is 1. The Morgan fingerprint density at radius 3 is 2.79 bits per heavy atom. The Bertz CT molecular complexity index is 622. The van der Waals surface area contributed by atoms with Gasteiger partial charge >= 0.3 is 0 Å². The fourth-order valence-electron chi connectivity index (χ4n) is 2.75. The van der Waals surface area contributed by atoms with E-state index in [1.165, 1.54) is 19.3 Å². The molecule has 2 aromatic rings. The standard InChI is InChI=1S/C14H18N4O/c1-18-9-11(8-15-18)12-7-13(19)17-14(16-12)10-5-3-2-4-6-10/h7-10H,2-6H2,1H3,(H,16,17,19). The molecule has 0 spiro atoms. The molecule has 0 saturated heterocycles. The van der Waals surface area contributed by atoms with Crippen LogP contribution >= 0.6 is 0 Å². The average Bonchev–Trinajstić information content (AvgIpc) is 2.86. The highest BCUT2D eigenvalue weighted by Gasteiger charge is 2.18. The number of hydrogen-bond acceptors (Lipinski definition) is 3. The van der Waals surface area contributed by atoms with Crippen LogP contribution in [-0.4, -0.2) is 19.7 Å². The lowest BCUT2D eigenvalue weighted by Crippen LogP contribution is -2.16. The number of hydrogen-bond donors (Lipinski definition) is 1. The minimum atomic E-state index is -0.0746. The molecule has 0 atom stereocenters. The SMILES string of the molecule is Cn1cc(-c2cc(=O)[nH]c(C3CCCCC3)n2)cn1. The molecule has 0 aliphatic heterocycles. The van der Waals surface area contributed by atoms with Crippen molar-refractivity contribution in [2.75, 3.05) is 0 Å². The van der Waals surface area contributed by atoms with Crippen molar-refractivity contribution in [3.8, 4) is 11.3 Å². The van der Waals surface area contributed by atoms with Crippen molar-refractivity contribution in [3.63, 3.8) is 0 Å². The van der Waals surface area contributed by atoms with Crippen molar-refractivity contribution in [3.05, 3.63) is 34.6 Å². The molecule has 0 unspecified atom stereocenters. The molecule has 0 amide bonds. The van der Waals surface area contributed by atoms with Crippen LogP contribution in [0, 0.1) is 0 Å². The number of aromatic nitrogens is 4. The Hall–Kier alpha value is -1.91. The van der Waals surface area contributed by atoms with Crippen molar-refractivity contribution < 1.29 is 0 Å². The van der Waals surface area contributed by atoms with E-state index in [-0.39, 0.29) is 5.56 Å². The van der Waals surface area contributed by atoms with Crippen LogP contribution in [0.15, 0.2) is 23.3 Å². The minimum absolute atomic E-state index is 0.0746. The quantitative estimate of drug-likeness (QED) is 0.898. The molecule has 0 bridgehead atoms. The summed E-state index contributed by atoms with van der Waals surface area (Å²) in [5.41, 5.74) is 1.54. The second-order valence-corrected chi connectivity index (χ2v) is 5.25. The van der Waals surface area contributed by atoms with Gasteiger partial charge in [-0.1, -0.05) is 19.3 Å². The normalized spacial score (nSPS) is 16.7. The summed E-state index contributed by atoms with van der Waals surface area (Å²) >= 11 is 0. The van der Waals surface area contributed by atoms with E-state index in [2.05, 4.69) is 15.1 Å². The summed E-state index contributed by atoms with van der Waals surface area (Å²) in [5, 5.41) is 4.13. The van der Waals surface area contributed by atoms with E-state index in [4.69, 9.17) is 0 Å². The molecule has 2 heterocycles. The van der Waals surface area contributed by atoms with Gasteiger partial charge in [-0.3, -0.25) is 9.48 Å². The Morgan fingerprint density at radius 1 is 1.32 bits per heavy atom. The lowest BCUT2D eigenvalue weighted by atomic mass is 9.88. The highest BCUT2D eigenvalue weighted by molar-refractivity contribution is 5.56. The van der Waals surface area contributed by atoms with Crippen molar-refractivity contribution in [1.82, 2.24) is 19.7 Å². The number of nitrogens with zero attached hydrogens (tertiary/aromatic N) is 3. The summed E-state index contributed by atoms with van der Waals surface area (Å²) in [6.07, 6.45) is 9.62. The summed E-state index contributed by atoms with van der Waals surface area (Å²) in [6, 6.07) is 1.54. The highest BCUT2D eigenvalue weighted by atomic mass is 16.1. The molecule has 1 fully saturated rings. The summed E-state index contributed by atoms with van der Waals surface area (Å²) in [7, 11) is 1.86. The van der Waals surface area contributed by atoms with Gasteiger partial charge in [-0.2, -0.15) is 5.10 Å². The molecule has 5 heteroatoms. The van der Waals surface area contributed by atoms with E-state index in [9.17, 15) is 4.79 Å². The van der Waals surface area contributed by atoms with Crippen LogP contribution in [0.25, 0.3) is 11.3 Å². The molecule has 2 aromatic heterocycles. The van der Waals surface area contributed by atoms with Crippen molar-refractivity contribution in [2.45, 2.75) is 38.0 Å². The van der Waals surface area contributed by atoms with Crippen LogP contribution in [0.4, 0.5) is 0 Å². The van der Waals surface area contributed by atoms with Gasteiger partial charge in [0.05, 0.1) is 11.9 Å². The maximum Gasteiger partial charge on any atom is 0.251 e. The van der Waals surface area contributed by atoms with E-state index in [1.807, 2.05) is 13.2 Å². The third-order valence-corrected chi connectivity index (χ3v) is 3.75. The van der Waals surface area contributed by atoms with Crippen LogP contribution in [-0.2, 0) is 7.05 Å². The highest BCUT2D eigenvalue weighted by Crippen LogP contribution is 2.30. The number of aromatic amines is 1. The van der Waals surface area contributed by atoms with E-state index in [0.29, 0.717) is 5.92 Å². The number of nitrogens with one attached hydrogen (secondary N) is 1. The zero-order valence-electron chi connectivity index (χ0n) is 11.1. The van der Waals surface area contributed by atoms with Crippen molar-refractivity contribution >= 4 is 0 Å². The van der Waals surface area contributed by atoms with E-state index >= 15 is 0 Å². The predicted octanol–water partition coefficient (Wildman–Crippen LogP) is 2.22. The van der Waals surface area contributed by atoms with Crippen LogP contribution in [0.1, 0.15) is 43.8 Å². The van der Waals surface area contributed by atoms with Gasteiger partial charge in [0.2, 0.25) is 0 Å². The van der Waals surface area contributed by atoms with Gasteiger partial charge in [-0.15, -0.1) is 0 Å². The fraction of sp³-hybridized carbons (Fsp3) is 0.500. The summed E-state index contributed by atoms with van der Waals surface area (Å²) in [5.74, 6) is 1.24. The van der Waals surface area contributed by atoms with E-state index in [1.54, 1.807) is 16.9 Å². The van der Waals surface area contributed by atoms with Crippen molar-refractivity contribution in [2.24, 2.45) is 7.05 Å². The van der Waals surface area contributed by atoms with Gasteiger partial charge in [-0.05, 0) is 12.8 Å². The van der Waals surface area contributed by atoms with Gasteiger partial charge in [0.25, 0.3) is 5.56 Å². The predicted molar refractivity (Wildman–Crippen MR) is 72.9 cm³/mol.